The molecule has 1 atom stereocenters. The molecule has 0 heterocycles. The summed E-state index contributed by atoms with van der Waals surface area (Å²) in [5, 5.41) is 4.01. The van der Waals surface area contributed by atoms with Crippen molar-refractivity contribution in [3.05, 3.63) is 28.8 Å². The molecule has 4 heteroatoms. The minimum absolute atomic E-state index is 0.380. The molecule has 1 aromatic rings. The van der Waals surface area contributed by atoms with Crippen LogP contribution in [0.5, 0.6) is 0 Å². The maximum Gasteiger partial charge on any atom is 0.248 e. The van der Waals surface area contributed by atoms with Crippen LogP contribution < -0.4 is 11.1 Å². The molecule has 0 spiro atoms. The van der Waals surface area contributed by atoms with E-state index in [1.165, 1.54) is 12.8 Å². The molecule has 100 valence electrons. The Morgan fingerprint density at radius 1 is 1.44 bits per heavy atom. The predicted molar refractivity (Wildman–Crippen MR) is 77.2 cm³/mol. The number of anilines is 1. The Kier molecular flexibility index (Phi) is 5.99. The van der Waals surface area contributed by atoms with Crippen LogP contribution in [0.25, 0.3) is 0 Å². The number of halogens is 1. The van der Waals surface area contributed by atoms with Gasteiger partial charge in [-0.25, -0.2) is 0 Å². The van der Waals surface area contributed by atoms with E-state index in [-0.39, 0.29) is 0 Å². The standard InChI is InChI=1S/C14H21ClN2O/c1-3-5-6-11(4-2)17-13-9-10(14(16)18)7-8-12(13)15/h7-9,11,17H,3-6H2,1-2H3,(H2,16,18). The Labute approximate surface area is 114 Å². The zero-order valence-corrected chi connectivity index (χ0v) is 11.8. The zero-order valence-electron chi connectivity index (χ0n) is 11.0. The van der Waals surface area contributed by atoms with Crippen molar-refractivity contribution >= 4 is 23.2 Å². The Hall–Kier alpha value is -1.22. The van der Waals surface area contributed by atoms with E-state index < -0.39 is 5.91 Å². The summed E-state index contributed by atoms with van der Waals surface area (Å²) in [6.07, 6.45) is 4.48. The number of benzene rings is 1. The lowest BCUT2D eigenvalue weighted by Crippen LogP contribution is -2.19. The summed E-state index contributed by atoms with van der Waals surface area (Å²) in [6, 6.07) is 5.45. The van der Waals surface area contributed by atoms with E-state index in [1.54, 1.807) is 18.2 Å². The smallest absolute Gasteiger partial charge is 0.248 e. The highest BCUT2D eigenvalue weighted by Gasteiger charge is 2.10. The van der Waals surface area contributed by atoms with Crippen LogP contribution in [0.2, 0.25) is 5.02 Å². The van der Waals surface area contributed by atoms with Crippen LogP contribution in [0, 0.1) is 0 Å². The number of carbonyl (C=O) groups is 1. The molecule has 0 bridgehead atoms. The van der Waals surface area contributed by atoms with Crippen LogP contribution in [-0.2, 0) is 0 Å². The van der Waals surface area contributed by atoms with Gasteiger partial charge in [-0.05, 0) is 31.0 Å². The first-order valence-electron chi connectivity index (χ1n) is 6.44. The zero-order chi connectivity index (χ0) is 13.5. The lowest BCUT2D eigenvalue weighted by atomic mass is 10.1. The van der Waals surface area contributed by atoms with Gasteiger partial charge in [-0.1, -0.05) is 38.3 Å². The summed E-state index contributed by atoms with van der Waals surface area (Å²) in [4.78, 5) is 11.1. The first kappa shape index (κ1) is 14.8. The Balaban J connectivity index is 2.80. The highest BCUT2D eigenvalue weighted by atomic mass is 35.5. The first-order valence-corrected chi connectivity index (χ1v) is 6.82. The number of hydrogen-bond donors (Lipinski definition) is 2. The average molecular weight is 269 g/mol. The van der Waals surface area contributed by atoms with Crippen LogP contribution >= 0.6 is 11.6 Å². The molecular weight excluding hydrogens is 248 g/mol. The van der Waals surface area contributed by atoms with Gasteiger partial charge in [-0.3, -0.25) is 4.79 Å². The van der Waals surface area contributed by atoms with Gasteiger partial charge in [-0.15, -0.1) is 0 Å². The third kappa shape index (κ3) is 4.22. The van der Waals surface area contributed by atoms with Gasteiger partial charge in [-0.2, -0.15) is 0 Å². The number of hydrogen-bond acceptors (Lipinski definition) is 2. The second kappa shape index (κ2) is 7.27. The van der Waals surface area contributed by atoms with Crippen molar-refractivity contribution in [3.63, 3.8) is 0 Å². The minimum Gasteiger partial charge on any atom is -0.381 e. The number of unbranched alkanes of at least 4 members (excludes halogenated alkanes) is 1. The van der Waals surface area contributed by atoms with Gasteiger partial charge in [0.2, 0.25) is 5.91 Å². The van der Waals surface area contributed by atoms with Crippen LogP contribution in [0.3, 0.4) is 0 Å². The average Bonchev–Trinajstić information content (AvgIpc) is 2.36. The SMILES string of the molecule is CCCCC(CC)Nc1cc(C(N)=O)ccc1Cl. The van der Waals surface area contributed by atoms with Crippen molar-refractivity contribution in [3.8, 4) is 0 Å². The van der Waals surface area contributed by atoms with Gasteiger partial charge >= 0.3 is 0 Å². The highest BCUT2D eigenvalue weighted by molar-refractivity contribution is 6.33. The van der Waals surface area contributed by atoms with E-state index in [2.05, 4.69) is 19.2 Å². The van der Waals surface area contributed by atoms with E-state index in [9.17, 15) is 4.79 Å². The maximum atomic E-state index is 11.1. The topological polar surface area (TPSA) is 55.1 Å². The molecular formula is C14H21ClN2O. The van der Waals surface area contributed by atoms with Crippen LogP contribution in [0.4, 0.5) is 5.69 Å². The predicted octanol–water partition coefficient (Wildman–Crippen LogP) is 3.82. The van der Waals surface area contributed by atoms with Gasteiger partial charge in [0.15, 0.2) is 0 Å². The second-order valence-corrected chi connectivity index (χ2v) is 4.86. The molecule has 0 aliphatic carbocycles. The van der Waals surface area contributed by atoms with Gasteiger partial charge in [0.05, 0.1) is 10.7 Å². The van der Waals surface area contributed by atoms with Crippen molar-refractivity contribution in [2.75, 3.05) is 5.32 Å². The van der Waals surface area contributed by atoms with Crippen LogP contribution in [0.1, 0.15) is 49.9 Å². The van der Waals surface area contributed by atoms with Crippen LogP contribution in [-0.4, -0.2) is 11.9 Å². The molecule has 3 N–H and O–H groups in total. The third-order valence-corrected chi connectivity index (χ3v) is 3.34. The lowest BCUT2D eigenvalue weighted by molar-refractivity contribution is 0.100. The minimum atomic E-state index is -0.434. The van der Waals surface area contributed by atoms with Gasteiger partial charge in [0.1, 0.15) is 0 Å². The number of amides is 1. The van der Waals surface area contributed by atoms with Gasteiger partial charge in [0.25, 0.3) is 0 Å². The summed E-state index contributed by atoms with van der Waals surface area (Å²) < 4.78 is 0. The highest BCUT2D eigenvalue weighted by Crippen LogP contribution is 2.25. The van der Waals surface area contributed by atoms with E-state index in [0.29, 0.717) is 16.6 Å². The number of carbonyl (C=O) groups excluding carboxylic acids is 1. The number of rotatable bonds is 7. The van der Waals surface area contributed by atoms with Crippen LogP contribution in [0.15, 0.2) is 18.2 Å². The molecule has 0 aliphatic heterocycles. The molecule has 0 aromatic heterocycles. The normalized spacial score (nSPS) is 12.2. The molecule has 0 aliphatic rings. The third-order valence-electron chi connectivity index (χ3n) is 3.01. The second-order valence-electron chi connectivity index (χ2n) is 4.45. The summed E-state index contributed by atoms with van der Waals surface area (Å²) in [5.74, 6) is -0.434. The molecule has 0 fully saturated rings. The Morgan fingerprint density at radius 2 is 2.17 bits per heavy atom. The molecule has 18 heavy (non-hydrogen) atoms. The maximum absolute atomic E-state index is 11.1. The Bertz CT molecular complexity index is 407. The van der Waals surface area contributed by atoms with E-state index >= 15 is 0 Å². The molecule has 0 saturated heterocycles. The molecule has 0 saturated carbocycles. The number of primary amides is 1. The van der Waals surface area contributed by atoms with Crippen molar-refractivity contribution in [1.29, 1.82) is 0 Å². The van der Waals surface area contributed by atoms with E-state index in [1.807, 2.05) is 0 Å². The first-order chi connectivity index (χ1) is 8.58. The summed E-state index contributed by atoms with van der Waals surface area (Å²) >= 11 is 6.12. The number of nitrogens with one attached hydrogen (secondary N) is 1. The van der Waals surface area contributed by atoms with Crippen molar-refractivity contribution < 1.29 is 4.79 Å². The fourth-order valence-corrected chi connectivity index (χ4v) is 2.01. The fourth-order valence-electron chi connectivity index (χ4n) is 1.84. The fraction of sp³-hybridized carbons (Fsp3) is 0.500. The molecule has 1 unspecified atom stereocenters. The number of nitrogens with two attached hydrogens (primary N) is 1. The van der Waals surface area contributed by atoms with Gasteiger partial charge in [0, 0.05) is 11.6 Å². The van der Waals surface area contributed by atoms with Crippen molar-refractivity contribution in [2.24, 2.45) is 5.73 Å². The molecule has 3 nitrogen and oxygen atoms in total. The largest absolute Gasteiger partial charge is 0.381 e. The molecule has 0 radical (unpaired) electrons. The summed E-state index contributed by atoms with van der Waals surface area (Å²) in [6.45, 7) is 4.31. The van der Waals surface area contributed by atoms with Gasteiger partial charge < -0.3 is 11.1 Å². The van der Waals surface area contributed by atoms with E-state index in [0.717, 1.165) is 18.5 Å². The summed E-state index contributed by atoms with van der Waals surface area (Å²) in [5.41, 5.74) is 6.53. The molecule has 1 aromatic carbocycles. The quantitative estimate of drug-likeness (QED) is 0.790. The van der Waals surface area contributed by atoms with E-state index in [4.69, 9.17) is 17.3 Å². The molecule has 1 amide bonds. The molecule has 1 rings (SSSR count). The monoisotopic (exact) mass is 268 g/mol. The lowest BCUT2D eigenvalue weighted by Gasteiger charge is -2.19. The summed E-state index contributed by atoms with van der Waals surface area (Å²) in [7, 11) is 0. The van der Waals surface area contributed by atoms with Crippen molar-refractivity contribution in [1.82, 2.24) is 0 Å². The van der Waals surface area contributed by atoms with Crippen molar-refractivity contribution in [2.45, 2.75) is 45.6 Å². The Morgan fingerprint density at radius 3 is 2.72 bits per heavy atom.